The lowest BCUT2D eigenvalue weighted by Crippen LogP contribution is -2.22. The summed E-state index contributed by atoms with van der Waals surface area (Å²) in [4.78, 5) is 4.62. The highest BCUT2D eigenvalue weighted by Crippen LogP contribution is 2.24. The summed E-state index contributed by atoms with van der Waals surface area (Å²) < 4.78 is 1.87. The summed E-state index contributed by atoms with van der Waals surface area (Å²) in [7, 11) is 0. The number of nitrogens with two attached hydrogens (primary N) is 1. The number of rotatable bonds is 3. The molecular formula is C14H21N5. The van der Waals surface area contributed by atoms with Gasteiger partial charge in [-0.1, -0.05) is 13.8 Å². The first-order chi connectivity index (χ1) is 9.13. The van der Waals surface area contributed by atoms with Crippen molar-refractivity contribution in [1.29, 1.82) is 0 Å². The van der Waals surface area contributed by atoms with Gasteiger partial charge in [-0.05, 0) is 25.2 Å². The maximum Gasteiger partial charge on any atom is 0.157 e. The van der Waals surface area contributed by atoms with Gasteiger partial charge in [-0.15, -0.1) is 0 Å². The Bertz CT molecular complexity index is 574. The Morgan fingerprint density at radius 3 is 2.95 bits per heavy atom. The van der Waals surface area contributed by atoms with Crippen LogP contribution in [0.15, 0.2) is 18.3 Å². The van der Waals surface area contributed by atoms with Crippen molar-refractivity contribution in [2.45, 2.75) is 51.1 Å². The molecule has 0 spiro atoms. The van der Waals surface area contributed by atoms with E-state index in [0.29, 0.717) is 18.0 Å². The van der Waals surface area contributed by atoms with E-state index in [0.717, 1.165) is 36.4 Å². The van der Waals surface area contributed by atoms with Crippen LogP contribution in [-0.2, 0) is 0 Å². The van der Waals surface area contributed by atoms with Crippen molar-refractivity contribution < 1.29 is 0 Å². The molecule has 2 atom stereocenters. The van der Waals surface area contributed by atoms with Crippen LogP contribution in [0.25, 0.3) is 5.65 Å². The average molecular weight is 259 g/mol. The molecule has 1 aliphatic carbocycles. The quantitative estimate of drug-likeness (QED) is 0.886. The lowest BCUT2D eigenvalue weighted by atomic mass is 10.1. The maximum atomic E-state index is 5.97. The van der Waals surface area contributed by atoms with E-state index >= 15 is 0 Å². The van der Waals surface area contributed by atoms with E-state index in [2.05, 4.69) is 35.3 Å². The van der Waals surface area contributed by atoms with Crippen molar-refractivity contribution in [1.82, 2.24) is 14.6 Å². The predicted molar refractivity (Wildman–Crippen MR) is 76.3 cm³/mol. The van der Waals surface area contributed by atoms with Gasteiger partial charge in [-0.3, -0.25) is 0 Å². The van der Waals surface area contributed by atoms with Gasteiger partial charge in [-0.2, -0.15) is 9.61 Å². The zero-order valence-electron chi connectivity index (χ0n) is 11.5. The normalized spacial score (nSPS) is 23.4. The Morgan fingerprint density at radius 1 is 1.42 bits per heavy atom. The molecule has 3 N–H and O–H groups in total. The van der Waals surface area contributed by atoms with Crippen LogP contribution in [0.3, 0.4) is 0 Å². The molecule has 0 radical (unpaired) electrons. The van der Waals surface area contributed by atoms with E-state index in [1.807, 2.05) is 10.6 Å². The molecule has 3 rings (SSSR count). The van der Waals surface area contributed by atoms with Crippen LogP contribution in [0.5, 0.6) is 0 Å². The largest absolute Gasteiger partial charge is 0.367 e. The molecule has 19 heavy (non-hydrogen) atoms. The second-order valence-electron chi connectivity index (χ2n) is 5.74. The maximum absolute atomic E-state index is 5.97. The number of hydrogen-bond donors (Lipinski definition) is 2. The first-order valence-electron chi connectivity index (χ1n) is 7.00. The highest BCUT2D eigenvalue weighted by atomic mass is 15.3. The van der Waals surface area contributed by atoms with Gasteiger partial charge in [0, 0.05) is 29.9 Å². The van der Waals surface area contributed by atoms with Gasteiger partial charge in [0.05, 0.1) is 6.20 Å². The molecule has 0 aromatic carbocycles. The number of fused-ring (bicyclic) bond motifs is 1. The lowest BCUT2D eigenvalue weighted by molar-refractivity contribution is 0.683. The minimum Gasteiger partial charge on any atom is -0.367 e. The molecule has 2 aromatic heterocycles. The summed E-state index contributed by atoms with van der Waals surface area (Å²) in [5, 5.41) is 7.92. The summed E-state index contributed by atoms with van der Waals surface area (Å²) in [5.41, 5.74) is 7.97. The Morgan fingerprint density at radius 2 is 2.26 bits per heavy atom. The van der Waals surface area contributed by atoms with E-state index in [9.17, 15) is 0 Å². The van der Waals surface area contributed by atoms with Crippen LogP contribution in [0, 0.1) is 0 Å². The highest BCUT2D eigenvalue weighted by molar-refractivity contribution is 5.50. The zero-order valence-corrected chi connectivity index (χ0v) is 11.5. The molecular weight excluding hydrogens is 238 g/mol. The molecule has 2 aromatic rings. The zero-order chi connectivity index (χ0) is 13.4. The van der Waals surface area contributed by atoms with E-state index in [4.69, 9.17) is 5.73 Å². The minimum atomic E-state index is 0.331. The topological polar surface area (TPSA) is 68.2 Å². The lowest BCUT2D eigenvalue weighted by Gasteiger charge is -2.16. The molecule has 1 fully saturated rings. The third kappa shape index (κ3) is 2.42. The van der Waals surface area contributed by atoms with Crippen molar-refractivity contribution >= 4 is 11.5 Å². The number of nitrogens with zero attached hydrogens (tertiary/aromatic N) is 3. The standard InChI is InChI=1S/C14H21N5/c1-9(2)12-8-14(17-11-4-3-10(15)7-11)19-13(18-12)5-6-16-19/h5-6,8-11,17H,3-4,7,15H2,1-2H3. The molecule has 102 valence electrons. The minimum absolute atomic E-state index is 0.331. The Balaban J connectivity index is 1.94. The molecule has 0 aliphatic heterocycles. The molecule has 2 heterocycles. The Kier molecular flexibility index (Phi) is 3.14. The fourth-order valence-corrected chi connectivity index (χ4v) is 2.69. The predicted octanol–water partition coefficient (Wildman–Crippen LogP) is 2.14. The highest BCUT2D eigenvalue weighted by Gasteiger charge is 2.22. The van der Waals surface area contributed by atoms with Gasteiger partial charge >= 0.3 is 0 Å². The molecule has 0 saturated heterocycles. The SMILES string of the molecule is CC(C)c1cc(NC2CCC(N)C2)n2nccc2n1. The molecule has 2 unspecified atom stereocenters. The van der Waals surface area contributed by atoms with Crippen LogP contribution < -0.4 is 11.1 Å². The number of anilines is 1. The summed E-state index contributed by atoms with van der Waals surface area (Å²) in [5.74, 6) is 1.43. The van der Waals surface area contributed by atoms with Gasteiger partial charge < -0.3 is 11.1 Å². The third-order valence-corrected chi connectivity index (χ3v) is 3.80. The Hall–Kier alpha value is -1.62. The number of aromatic nitrogens is 3. The fourth-order valence-electron chi connectivity index (χ4n) is 2.69. The van der Waals surface area contributed by atoms with E-state index in [-0.39, 0.29) is 0 Å². The van der Waals surface area contributed by atoms with Gasteiger partial charge in [0.15, 0.2) is 5.65 Å². The molecule has 1 aliphatic rings. The molecule has 0 bridgehead atoms. The fraction of sp³-hybridized carbons (Fsp3) is 0.571. The number of nitrogens with one attached hydrogen (secondary N) is 1. The van der Waals surface area contributed by atoms with Crippen molar-refractivity contribution in [2.24, 2.45) is 5.73 Å². The molecule has 5 heteroatoms. The van der Waals surface area contributed by atoms with Crippen LogP contribution in [0.4, 0.5) is 5.82 Å². The molecule has 0 amide bonds. The Labute approximate surface area is 113 Å². The third-order valence-electron chi connectivity index (χ3n) is 3.80. The second kappa shape index (κ2) is 4.81. The van der Waals surface area contributed by atoms with Crippen LogP contribution in [0.2, 0.25) is 0 Å². The summed E-state index contributed by atoms with van der Waals surface area (Å²) in [6, 6.07) is 4.83. The average Bonchev–Trinajstić information content (AvgIpc) is 2.97. The van der Waals surface area contributed by atoms with Gasteiger partial charge in [-0.25, -0.2) is 4.98 Å². The monoisotopic (exact) mass is 259 g/mol. The number of hydrogen-bond acceptors (Lipinski definition) is 4. The summed E-state index contributed by atoms with van der Waals surface area (Å²) in [6.07, 6.45) is 5.05. The van der Waals surface area contributed by atoms with Gasteiger partial charge in [0.25, 0.3) is 0 Å². The van der Waals surface area contributed by atoms with E-state index in [1.54, 1.807) is 6.20 Å². The molecule has 1 saturated carbocycles. The van der Waals surface area contributed by atoms with E-state index < -0.39 is 0 Å². The van der Waals surface area contributed by atoms with Crippen LogP contribution >= 0.6 is 0 Å². The van der Waals surface area contributed by atoms with Gasteiger partial charge in [0.1, 0.15) is 5.82 Å². The van der Waals surface area contributed by atoms with E-state index in [1.165, 1.54) is 0 Å². The first kappa shape index (κ1) is 12.4. The second-order valence-corrected chi connectivity index (χ2v) is 5.74. The molecule has 5 nitrogen and oxygen atoms in total. The summed E-state index contributed by atoms with van der Waals surface area (Å²) in [6.45, 7) is 4.31. The first-order valence-corrected chi connectivity index (χ1v) is 7.00. The van der Waals surface area contributed by atoms with Crippen molar-refractivity contribution in [3.8, 4) is 0 Å². The van der Waals surface area contributed by atoms with Crippen molar-refractivity contribution in [3.05, 3.63) is 24.0 Å². The smallest absolute Gasteiger partial charge is 0.157 e. The van der Waals surface area contributed by atoms with Crippen molar-refractivity contribution in [2.75, 3.05) is 5.32 Å². The van der Waals surface area contributed by atoms with Crippen molar-refractivity contribution in [3.63, 3.8) is 0 Å². The van der Waals surface area contributed by atoms with Gasteiger partial charge in [0.2, 0.25) is 0 Å². The summed E-state index contributed by atoms with van der Waals surface area (Å²) >= 11 is 0. The van der Waals surface area contributed by atoms with Crippen LogP contribution in [-0.4, -0.2) is 26.7 Å². The van der Waals surface area contributed by atoms with Crippen LogP contribution in [0.1, 0.15) is 44.7 Å².